The van der Waals surface area contributed by atoms with Gasteiger partial charge in [0.15, 0.2) is 0 Å². The molecule has 33 heavy (non-hydrogen) atoms. The van der Waals surface area contributed by atoms with Crippen LogP contribution < -0.4 is 10.6 Å². The number of nitrogens with one attached hydrogen (secondary N) is 2. The van der Waals surface area contributed by atoms with Gasteiger partial charge >= 0.3 is 18.2 Å². The van der Waals surface area contributed by atoms with Crippen molar-refractivity contribution in [2.75, 3.05) is 13.2 Å². The molecule has 0 bridgehead atoms. The lowest BCUT2D eigenvalue weighted by atomic mass is 9.98. The number of rotatable bonds is 8. The van der Waals surface area contributed by atoms with Crippen LogP contribution in [0.25, 0.3) is 11.1 Å². The van der Waals surface area contributed by atoms with Crippen LogP contribution in [-0.2, 0) is 14.3 Å². The van der Waals surface area contributed by atoms with Gasteiger partial charge in [0.05, 0.1) is 13.0 Å². The molecule has 0 aromatic heterocycles. The molecule has 0 radical (unpaired) electrons. The molecule has 0 saturated carbocycles. The van der Waals surface area contributed by atoms with E-state index in [1.807, 2.05) is 53.8 Å². The highest BCUT2D eigenvalue weighted by Gasteiger charge is 2.38. The molecule has 0 heterocycles. The third-order valence-corrected chi connectivity index (χ3v) is 5.18. The van der Waals surface area contributed by atoms with E-state index >= 15 is 0 Å². The van der Waals surface area contributed by atoms with Crippen molar-refractivity contribution in [3.63, 3.8) is 0 Å². The van der Waals surface area contributed by atoms with Crippen LogP contribution in [0.15, 0.2) is 48.5 Å². The van der Waals surface area contributed by atoms with E-state index < -0.39 is 49.3 Å². The number of carbonyl (C=O) groups is 3. The Morgan fingerprint density at radius 1 is 0.939 bits per heavy atom. The van der Waals surface area contributed by atoms with E-state index in [0.29, 0.717) is 0 Å². The fourth-order valence-electron chi connectivity index (χ4n) is 3.68. The van der Waals surface area contributed by atoms with Crippen LogP contribution in [0.2, 0.25) is 0 Å². The average Bonchev–Trinajstić information content (AvgIpc) is 3.08. The predicted octanol–water partition coefficient (Wildman–Crippen LogP) is 2.41. The molecule has 1 aliphatic carbocycles. The number of aliphatic carboxylic acids is 1. The fourth-order valence-corrected chi connectivity index (χ4v) is 3.68. The summed E-state index contributed by atoms with van der Waals surface area (Å²) in [6.07, 6.45) is -7.85. The molecule has 0 spiro atoms. The first kappa shape index (κ1) is 24.1. The molecule has 0 saturated heterocycles. The number of carboxylic acids is 1. The number of amides is 2. The van der Waals surface area contributed by atoms with Crippen molar-refractivity contribution in [3.05, 3.63) is 59.7 Å². The summed E-state index contributed by atoms with van der Waals surface area (Å²) in [6.45, 7) is -1.22. The zero-order valence-electron chi connectivity index (χ0n) is 17.1. The van der Waals surface area contributed by atoms with Gasteiger partial charge in [-0.2, -0.15) is 13.2 Å². The molecular weight excluding hydrogens is 445 g/mol. The Labute approximate surface area is 186 Å². The number of aliphatic hydroxyl groups excluding tert-OH is 1. The van der Waals surface area contributed by atoms with Gasteiger partial charge in [-0.15, -0.1) is 0 Å². The summed E-state index contributed by atoms with van der Waals surface area (Å²) in [5.41, 5.74) is 3.70. The Bertz CT molecular complexity index is 997. The van der Waals surface area contributed by atoms with Crippen LogP contribution in [0.4, 0.5) is 18.0 Å². The predicted molar refractivity (Wildman–Crippen MR) is 109 cm³/mol. The van der Waals surface area contributed by atoms with E-state index in [9.17, 15) is 27.6 Å². The molecule has 3 rings (SSSR count). The van der Waals surface area contributed by atoms with Gasteiger partial charge < -0.3 is 25.6 Å². The Morgan fingerprint density at radius 2 is 1.48 bits per heavy atom. The first-order valence-corrected chi connectivity index (χ1v) is 9.93. The van der Waals surface area contributed by atoms with Crippen molar-refractivity contribution in [3.8, 4) is 11.1 Å². The summed E-state index contributed by atoms with van der Waals surface area (Å²) < 4.78 is 43.9. The molecule has 2 atom stereocenters. The van der Waals surface area contributed by atoms with Gasteiger partial charge in [-0.3, -0.25) is 4.79 Å². The Balaban J connectivity index is 1.69. The molecule has 2 aromatic carbocycles. The molecule has 8 nitrogen and oxygen atoms in total. The maximum Gasteiger partial charge on any atom is 0.407 e. The zero-order chi connectivity index (χ0) is 24.2. The number of halogens is 3. The third kappa shape index (κ3) is 5.80. The van der Waals surface area contributed by atoms with E-state index in [4.69, 9.17) is 14.9 Å². The second-order valence-electron chi connectivity index (χ2n) is 7.42. The number of alkyl carbamates (subject to hydrolysis) is 1. The van der Waals surface area contributed by atoms with E-state index in [1.165, 1.54) is 0 Å². The highest BCUT2D eigenvalue weighted by Crippen LogP contribution is 2.44. The molecule has 11 heteroatoms. The van der Waals surface area contributed by atoms with Gasteiger partial charge in [0.2, 0.25) is 5.91 Å². The van der Waals surface area contributed by atoms with Gasteiger partial charge in [0, 0.05) is 5.92 Å². The molecule has 176 valence electrons. The van der Waals surface area contributed by atoms with Crippen LogP contribution in [-0.4, -0.2) is 59.7 Å². The van der Waals surface area contributed by atoms with Crippen LogP contribution in [0.5, 0.6) is 0 Å². The van der Waals surface area contributed by atoms with Crippen molar-refractivity contribution in [2.24, 2.45) is 0 Å². The first-order chi connectivity index (χ1) is 15.6. The minimum absolute atomic E-state index is 0.186. The van der Waals surface area contributed by atoms with Crippen molar-refractivity contribution in [2.45, 2.75) is 30.6 Å². The largest absolute Gasteiger partial charge is 0.480 e. The number of ether oxygens (including phenoxy) is 1. The van der Waals surface area contributed by atoms with Crippen molar-refractivity contribution in [1.82, 2.24) is 10.6 Å². The lowest BCUT2D eigenvalue weighted by Gasteiger charge is -2.22. The summed E-state index contributed by atoms with van der Waals surface area (Å²) in [7, 11) is 0. The summed E-state index contributed by atoms with van der Waals surface area (Å²) >= 11 is 0. The molecule has 4 N–H and O–H groups in total. The molecule has 0 aliphatic heterocycles. The minimum atomic E-state index is -4.84. The number of alkyl halides is 3. The van der Waals surface area contributed by atoms with Crippen molar-refractivity contribution in [1.29, 1.82) is 0 Å². The maximum atomic E-state index is 12.9. The summed E-state index contributed by atoms with van der Waals surface area (Å²) in [5.74, 6) is -3.40. The molecule has 2 aromatic rings. The summed E-state index contributed by atoms with van der Waals surface area (Å²) in [6, 6.07) is 11.0. The standard InChI is InChI=1S/C22H21F3N2O6/c23-22(24,25)9-17(19(29)26-18(10-28)20(30)31)27-21(32)33-11-16-14-7-3-1-5-12(14)13-6-2-4-8-15(13)16/h1-8,16-18,28H,9-11H2,(H,26,29)(H,27,32)(H,30,31)/t17?,18-/m0/s1. The van der Waals surface area contributed by atoms with Gasteiger partial charge in [-0.05, 0) is 22.3 Å². The summed E-state index contributed by atoms with van der Waals surface area (Å²) in [4.78, 5) is 35.4. The number of carboxylic acid groups (broad SMARTS) is 1. The second-order valence-corrected chi connectivity index (χ2v) is 7.42. The highest BCUT2D eigenvalue weighted by molar-refractivity contribution is 5.89. The SMILES string of the molecule is O=C(NC(CC(F)(F)F)C(=O)N[C@@H](CO)C(=O)O)OCC1c2ccccc2-c2ccccc21. The van der Waals surface area contributed by atoms with Crippen molar-refractivity contribution >= 4 is 18.0 Å². The quantitative estimate of drug-likeness (QED) is 0.474. The van der Waals surface area contributed by atoms with Crippen LogP contribution in [0.3, 0.4) is 0 Å². The maximum absolute atomic E-state index is 12.9. The lowest BCUT2D eigenvalue weighted by Crippen LogP contribution is -2.54. The number of fused-ring (bicyclic) bond motifs is 3. The first-order valence-electron chi connectivity index (χ1n) is 9.93. The van der Waals surface area contributed by atoms with Gasteiger partial charge in [0.25, 0.3) is 0 Å². The molecule has 0 fully saturated rings. The normalized spacial score (nSPS) is 14.5. The topological polar surface area (TPSA) is 125 Å². The number of hydrogen-bond acceptors (Lipinski definition) is 5. The van der Waals surface area contributed by atoms with Crippen LogP contribution >= 0.6 is 0 Å². The average molecular weight is 466 g/mol. The lowest BCUT2D eigenvalue weighted by molar-refractivity contribution is -0.151. The van der Waals surface area contributed by atoms with Gasteiger partial charge in [-0.1, -0.05) is 48.5 Å². The highest BCUT2D eigenvalue weighted by atomic mass is 19.4. The second kappa shape index (κ2) is 9.90. The minimum Gasteiger partial charge on any atom is -0.480 e. The number of aliphatic hydroxyl groups is 1. The summed E-state index contributed by atoms with van der Waals surface area (Å²) in [5, 5.41) is 21.5. The number of hydrogen-bond donors (Lipinski definition) is 4. The van der Waals surface area contributed by atoms with Crippen LogP contribution in [0, 0.1) is 0 Å². The third-order valence-electron chi connectivity index (χ3n) is 5.18. The number of carbonyl (C=O) groups excluding carboxylic acids is 2. The Hall–Kier alpha value is -3.60. The zero-order valence-corrected chi connectivity index (χ0v) is 17.1. The van der Waals surface area contributed by atoms with E-state index in [2.05, 4.69) is 0 Å². The molecule has 1 unspecified atom stereocenters. The molecule has 1 aliphatic rings. The number of benzene rings is 2. The Kier molecular flexibility index (Phi) is 7.22. The van der Waals surface area contributed by atoms with E-state index in [1.54, 1.807) is 5.32 Å². The monoisotopic (exact) mass is 466 g/mol. The van der Waals surface area contributed by atoms with Gasteiger partial charge in [-0.25, -0.2) is 9.59 Å². The smallest absolute Gasteiger partial charge is 0.407 e. The fraction of sp³-hybridized carbons (Fsp3) is 0.318. The van der Waals surface area contributed by atoms with E-state index in [-0.39, 0.29) is 12.5 Å². The van der Waals surface area contributed by atoms with E-state index in [0.717, 1.165) is 22.3 Å². The molecule has 2 amide bonds. The van der Waals surface area contributed by atoms with Gasteiger partial charge in [0.1, 0.15) is 18.7 Å². The van der Waals surface area contributed by atoms with Crippen LogP contribution in [0.1, 0.15) is 23.5 Å². The molecular formula is C22H21F3N2O6. The Morgan fingerprint density at radius 3 is 1.97 bits per heavy atom. The van der Waals surface area contributed by atoms with Crippen molar-refractivity contribution < 1.29 is 42.5 Å².